The van der Waals surface area contributed by atoms with E-state index >= 15 is 0 Å². The van der Waals surface area contributed by atoms with Crippen molar-refractivity contribution >= 4 is 29.0 Å². The van der Waals surface area contributed by atoms with Gasteiger partial charge >= 0.3 is 6.18 Å². The minimum Gasteiger partial charge on any atom is -0.398 e. The van der Waals surface area contributed by atoms with Gasteiger partial charge < -0.3 is 11.1 Å². The molecule has 1 heterocycles. The van der Waals surface area contributed by atoms with E-state index in [2.05, 4.69) is 5.32 Å². The van der Waals surface area contributed by atoms with Crippen molar-refractivity contribution in [3.05, 3.63) is 83.4 Å². The third-order valence-corrected chi connectivity index (χ3v) is 7.42. The van der Waals surface area contributed by atoms with Crippen molar-refractivity contribution in [3.63, 3.8) is 0 Å². The Hall–Kier alpha value is -3.98. The summed E-state index contributed by atoms with van der Waals surface area (Å²) in [5.41, 5.74) is 8.94. The van der Waals surface area contributed by atoms with Crippen LogP contribution in [0.4, 0.5) is 24.5 Å². The number of carbonyl (C=O) groups is 3. The summed E-state index contributed by atoms with van der Waals surface area (Å²) >= 11 is 0. The Morgan fingerprint density at radius 3 is 2.51 bits per heavy atom. The molecular weight excluding hydrogens is 531 g/mol. The number of Topliss-reactive ketones (excluding diaryl/α,β-unsaturated/α-hetero) is 1. The van der Waals surface area contributed by atoms with Crippen molar-refractivity contribution in [1.29, 1.82) is 0 Å². The van der Waals surface area contributed by atoms with E-state index in [1.165, 1.54) is 17.0 Å². The largest absolute Gasteiger partial charge is 0.416 e. The highest BCUT2D eigenvalue weighted by atomic mass is 19.4. The predicted octanol–water partition coefficient (Wildman–Crippen LogP) is 6.28. The van der Waals surface area contributed by atoms with Crippen LogP contribution < -0.4 is 16.0 Å². The van der Waals surface area contributed by atoms with Crippen LogP contribution in [0.1, 0.15) is 62.1 Å². The molecule has 1 unspecified atom stereocenters. The number of unbranched alkanes of at least 4 members (excludes halogenated alkanes) is 1. The van der Waals surface area contributed by atoms with Gasteiger partial charge in [-0.3, -0.25) is 14.4 Å². The molecule has 41 heavy (non-hydrogen) atoms. The maximum atomic E-state index is 14.0. The number of amides is 2. The van der Waals surface area contributed by atoms with Crippen LogP contribution in [0.5, 0.6) is 0 Å². The summed E-state index contributed by atoms with van der Waals surface area (Å²) in [6.45, 7) is 3.90. The van der Waals surface area contributed by atoms with Crippen LogP contribution in [-0.4, -0.2) is 30.2 Å². The van der Waals surface area contributed by atoms with Crippen LogP contribution in [0.2, 0.25) is 0 Å². The highest BCUT2D eigenvalue weighted by Crippen LogP contribution is 2.44. The SMILES string of the molecule is CCCC[C@H](NCCC(=O)Cc1cccc(C(F)(F)F)c1)C(=O)N1C(=O)C(C)c2ccccc2-c2c(N)cccc21. The molecule has 6 nitrogen and oxygen atoms in total. The first-order valence-corrected chi connectivity index (χ1v) is 13.8. The Bertz CT molecular complexity index is 1440. The molecule has 0 bridgehead atoms. The number of nitrogens with zero attached hydrogens (tertiary/aromatic N) is 1. The Labute approximate surface area is 237 Å². The molecule has 2 atom stereocenters. The van der Waals surface area contributed by atoms with Gasteiger partial charge in [-0.25, -0.2) is 4.90 Å². The zero-order valence-corrected chi connectivity index (χ0v) is 23.1. The fourth-order valence-corrected chi connectivity index (χ4v) is 5.25. The van der Waals surface area contributed by atoms with Gasteiger partial charge in [-0.1, -0.05) is 68.3 Å². The minimum absolute atomic E-state index is 0.0193. The van der Waals surface area contributed by atoms with E-state index in [4.69, 9.17) is 5.73 Å². The molecule has 0 spiro atoms. The maximum Gasteiger partial charge on any atom is 0.416 e. The van der Waals surface area contributed by atoms with Crippen molar-refractivity contribution < 1.29 is 27.6 Å². The Morgan fingerprint density at radius 2 is 1.78 bits per heavy atom. The van der Waals surface area contributed by atoms with Crippen molar-refractivity contribution in [1.82, 2.24) is 5.32 Å². The van der Waals surface area contributed by atoms with Crippen LogP contribution >= 0.6 is 0 Å². The number of fused-ring (bicyclic) bond motifs is 3. The molecule has 3 aromatic rings. The highest BCUT2D eigenvalue weighted by molar-refractivity contribution is 6.22. The fraction of sp³-hybridized carbons (Fsp3) is 0.344. The summed E-state index contributed by atoms with van der Waals surface area (Å²) in [4.78, 5) is 41.7. The molecule has 0 aromatic heterocycles. The molecule has 1 aliphatic heterocycles. The molecule has 216 valence electrons. The molecule has 0 radical (unpaired) electrons. The molecule has 3 N–H and O–H groups in total. The number of anilines is 2. The normalized spacial score (nSPS) is 15.6. The average molecular weight is 566 g/mol. The number of alkyl halides is 3. The monoisotopic (exact) mass is 565 g/mol. The first-order chi connectivity index (χ1) is 19.5. The summed E-state index contributed by atoms with van der Waals surface area (Å²) in [5.74, 6) is -1.65. The van der Waals surface area contributed by atoms with Gasteiger partial charge in [-0.2, -0.15) is 13.2 Å². The van der Waals surface area contributed by atoms with Crippen molar-refractivity contribution in [3.8, 4) is 11.1 Å². The average Bonchev–Trinajstić information content (AvgIpc) is 3.03. The van der Waals surface area contributed by atoms with Crippen LogP contribution in [0.3, 0.4) is 0 Å². The molecule has 0 saturated heterocycles. The van der Waals surface area contributed by atoms with E-state index in [1.807, 2.05) is 31.2 Å². The molecule has 1 aliphatic rings. The quantitative estimate of drug-likeness (QED) is 0.282. The number of hydrogen-bond acceptors (Lipinski definition) is 5. The highest BCUT2D eigenvalue weighted by Gasteiger charge is 2.38. The van der Waals surface area contributed by atoms with Gasteiger partial charge in [0.15, 0.2) is 0 Å². The molecule has 0 aliphatic carbocycles. The second-order valence-corrected chi connectivity index (χ2v) is 10.4. The number of nitrogen functional groups attached to an aromatic ring is 1. The van der Waals surface area contributed by atoms with Gasteiger partial charge in [-0.15, -0.1) is 0 Å². The number of rotatable bonds is 10. The number of ketones is 1. The van der Waals surface area contributed by atoms with E-state index in [-0.39, 0.29) is 36.6 Å². The van der Waals surface area contributed by atoms with Crippen molar-refractivity contribution in [2.24, 2.45) is 0 Å². The molecule has 0 saturated carbocycles. The lowest BCUT2D eigenvalue weighted by Gasteiger charge is -2.28. The summed E-state index contributed by atoms with van der Waals surface area (Å²) < 4.78 is 39.1. The van der Waals surface area contributed by atoms with E-state index in [9.17, 15) is 27.6 Å². The minimum atomic E-state index is -4.49. The lowest BCUT2D eigenvalue weighted by Crippen LogP contribution is -2.50. The Morgan fingerprint density at radius 1 is 1.05 bits per heavy atom. The summed E-state index contributed by atoms with van der Waals surface area (Å²) in [7, 11) is 0. The Kier molecular flexibility index (Phi) is 9.28. The molecule has 3 aromatic carbocycles. The van der Waals surface area contributed by atoms with Crippen LogP contribution in [-0.2, 0) is 27.0 Å². The number of nitrogens with two attached hydrogens (primary N) is 1. The van der Waals surface area contributed by atoms with E-state index in [1.54, 1.807) is 25.1 Å². The van der Waals surface area contributed by atoms with E-state index in [0.29, 0.717) is 29.8 Å². The zero-order chi connectivity index (χ0) is 29.7. The predicted molar refractivity (Wildman–Crippen MR) is 153 cm³/mol. The fourth-order valence-electron chi connectivity index (χ4n) is 5.25. The van der Waals surface area contributed by atoms with Gasteiger partial charge in [0.05, 0.1) is 23.2 Å². The van der Waals surface area contributed by atoms with Gasteiger partial charge in [-0.05, 0) is 48.2 Å². The zero-order valence-electron chi connectivity index (χ0n) is 23.1. The van der Waals surface area contributed by atoms with Crippen LogP contribution in [0.15, 0.2) is 66.7 Å². The lowest BCUT2D eigenvalue weighted by molar-refractivity contribution is -0.137. The topological polar surface area (TPSA) is 92.5 Å². The molecule has 9 heteroatoms. The third-order valence-electron chi connectivity index (χ3n) is 7.42. The van der Waals surface area contributed by atoms with Crippen LogP contribution in [0.25, 0.3) is 11.1 Å². The maximum absolute atomic E-state index is 14.0. The van der Waals surface area contributed by atoms with Crippen LogP contribution in [0, 0.1) is 0 Å². The smallest absolute Gasteiger partial charge is 0.398 e. The summed E-state index contributed by atoms with van der Waals surface area (Å²) in [5, 5.41) is 3.15. The molecule has 2 amide bonds. The number of halogens is 3. The summed E-state index contributed by atoms with van der Waals surface area (Å²) in [6.07, 6.45) is -2.64. The van der Waals surface area contributed by atoms with E-state index < -0.39 is 29.6 Å². The van der Waals surface area contributed by atoms with Gasteiger partial charge in [0.1, 0.15) is 5.78 Å². The molecular formula is C32H34F3N3O3. The first-order valence-electron chi connectivity index (χ1n) is 13.8. The van der Waals surface area contributed by atoms with E-state index in [0.717, 1.165) is 29.7 Å². The standard InChI is InChI=1S/C32H34F3N3O3/c1-3-4-14-27(37-17-16-23(39)19-21-9-7-10-22(18-21)32(33,34)35)31(41)38-28-15-8-13-26(36)29(28)25-12-6-5-11-24(25)20(2)30(38)40/h5-13,15,18,20,27,37H,3-4,14,16-17,19,36H2,1-2H3/t20?,27-/m0/s1. The third kappa shape index (κ3) is 6.68. The second-order valence-electron chi connectivity index (χ2n) is 10.4. The first kappa shape index (κ1) is 30.0. The number of imide groups is 1. The number of carbonyl (C=O) groups excluding carboxylic acids is 3. The number of nitrogens with one attached hydrogen (secondary N) is 1. The van der Waals surface area contributed by atoms with Crippen molar-refractivity contribution in [2.75, 3.05) is 17.2 Å². The van der Waals surface area contributed by atoms with Gasteiger partial charge in [0.2, 0.25) is 5.91 Å². The number of benzene rings is 3. The van der Waals surface area contributed by atoms with Gasteiger partial charge in [0.25, 0.3) is 5.91 Å². The van der Waals surface area contributed by atoms with Gasteiger partial charge in [0, 0.05) is 30.6 Å². The molecule has 0 fully saturated rings. The number of hydrogen-bond donors (Lipinski definition) is 2. The summed E-state index contributed by atoms with van der Waals surface area (Å²) in [6, 6.07) is 16.6. The molecule has 4 rings (SSSR count). The second kappa shape index (κ2) is 12.7. The Balaban J connectivity index is 1.53. The van der Waals surface area contributed by atoms with Crippen molar-refractivity contribution in [2.45, 2.75) is 64.1 Å². The lowest BCUT2D eigenvalue weighted by atomic mass is 9.92.